The minimum atomic E-state index is -1.13. The van der Waals surface area contributed by atoms with Gasteiger partial charge in [-0.1, -0.05) is 0 Å². The van der Waals surface area contributed by atoms with Gasteiger partial charge in [0.25, 0.3) is 5.91 Å². The number of piperazine rings is 1. The second-order valence-electron chi connectivity index (χ2n) is 7.13. The van der Waals surface area contributed by atoms with Crippen molar-refractivity contribution in [3.8, 4) is 0 Å². The first kappa shape index (κ1) is 17.4. The van der Waals surface area contributed by atoms with Gasteiger partial charge in [0, 0.05) is 38.3 Å². The van der Waals surface area contributed by atoms with Crippen LogP contribution in [0.15, 0.2) is 12.5 Å². The summed E-state index contributed by atoms with van der Waals surface area (Å²) in [5.41, 5.74) is 0.462. The van der Waals surface area contributed by atoms with Gasteiger partial charge in [0.1, 0.15) is 0 Å². The van der Waals surface area contributed by atoms with Crippen molar-refractivity contribution in [3.63, 3.8) is 0 Å². The normalized spacial score (nSPS) is 22.9. The molecule has 0 bridgehead atoms. The van der Waals surface area contributed by atoms with E-state index in [1.807, 2.05) is 0 Å². The van der Waals surface area contributed by atoms with E-state index in [1.54, 1.807) is 4.90 Å². The molecule has 3 heterocycles. The van der Waals surface area contributed by atoms with E-state index in [2.05, 4.69) is 33.6 Å². The molecule has 1 aromatic rings. The Morgan fingerprint density at radius 3 is 2.42 bits per heavy atom. The SMILES string of the molecule is CC(C)N1CCC(N2CCN(C(=O)C(O)c3cnc[nH]3)CC2)CC1. The highest BCUT2D eigenvalue weighted by atomic mass is 16.3. The lowest BCUT2D eigenvalue weighted by atomic mass is 10.0. The van der Waals surface area contributed by atoms with Crippen molar-refractivity contribution < 1.29 is 9.90 Å². The minimum Gasteiger partial charge on any atom is -0.377 e. The maximum atomic E-state index is 12.4. The Morgan fingerprint density at radius 1 is 1.21 bits per heavy atom. The number of rotatable bonds is 4. The highest BCUT2D eigenvalue weighted by molar-refractivity contribution is 5.81. The number of aromatic amines is 1. The first-order valence-corrected chi connectivity index (χ1v) is 8.99. The molecule has 1 atom stereocenters. The van der Waals surface area contributed by atoms with Crippen LogP contribution < -0.4 is 0 Å². The van der Waals surface area contributed by atoms with Crippen LogP contribution in [0, 0.1) is 0 Å². The lowest BCUT2D eigenvalue weighted by molar-refractivity contribution is -0.143. The number of nitrogens with zero attached hydrogens (tertiary/aromatic N) is 4. The molecule has 0 saturated carbocycles. The predicted molar refractivity (Wildman–Crippen MR) is 91.4 cm³/mol. The van der Waals surface area contributed by atoms with Crippen molar-refractivity contribution in [3.05, 3.63) is 18.2 Å². The number of aliphatic hydroxyl groups excluding tert-OH is 1. The van der Waals surface area contributed by atoms with Crippen molar-refractivity contribution in [1.29, 1.82) is 0 Å². The Balaban J connectivity index is 1.47. The van der Waals surface area contributed by atoms with Crippen LogP contribution in [0.25, 0.3) is 0 Å². The molecule has 1 unspecified atom stereocenters. The molecule has 2 fully saturated rings. The second kappa shape index (κ2) is 7.63. The van der Waals surface area contributed by atoms with E-state index in [1.165, 1.54) is 38.5 Å². The van der Waals surface area contributed by atoms with E-state index in [0.29, 0.717) is 30.9 Å². The third-order valence-corrected chi connectivity index (χ3v) is 5.42. The van der Waals surface area contributed by atoms with Gasteiger partial charge in [-0.25, -0.2) is 4.98 Å². The summed E-state index contributed by atoms with van der Waals surface area (Å²) in [6, 6.07) is 1.26. The Hall–Kier alpha value is -1.44. The highest BCUT2D eigenvalue weighted by Crippen LogP contribution is 2.21. The number of carbonyl (C=O) groups is 1. The molecule has 2 N–H and O–H groups in total. The molecule has 7 nitrogen and oxygen atoms in total. The molecule has 134 valence electrons. The minimum absolute atomic E-state index is 0.228. The quantitative estimate of drug-likeness (QED) is 0.836. The summed E-state index contributed by atoms with van der Waals surface area (Å²) < 4.78 is 0. The maximum absolute atomic E-state index is 12.4. The van der Waals surface area contributed by atoms with E-state index in [0.717, 1.165) is 13.1 Å². The Bertz CT molecular complexity index is 517. The van der Waals surface area contributed by atoms with Crippen molar-refractivity contribution in [2.75, 3.05) is 39.3 Å². The number of hydrogen-bond donors (Lipinski definition) is 2. The summed E-state index contributed by atoms with van der Waals surface area (Å²) >= 11 is 0. The molecule has 2 aliphatic heterocycles. The van der Waals surface area contributed by atoms with E-state index >= 15 is 0 Å². The standard InChI is InChI=1S/C17H29N5O2/c1-13(2)20-5-3-14(4-6-20)21-7-9-22(10-8-21)17(24)16(23)15-11-18-12-19-15/h11-14,16,23H,3-10H2,1-2H3,(H,18,19). The first-order valence-electron chi connectivity index (χ1n) is 8.99. The molecule has 1 amide bonds. The van der Waals surface area contributed by atoms with Crippen LogP contribution >= 0.6 is 0 Å². The van der Waals surface area contributed by atoms with Gasteiger partial charge >= 0.3 is 0 Å². The fraction of sp³-hybridized carbons (Fsp3) is 0.765. The summed E-state index contributed by atoms with van der Waals surface area (Å²) in [6.07, 6.45) is 4.27. The average molecular weight is 335 g/mol. The number of aliphatic hydroxyl groups is 1. The number of hydrogen-bond acceptors (Lipinski definition) is 5. The van der Waals surface area contributed by atoms with Crippen LogP contribution in [0.1, 0.15) is 38.5 Å². The van der Waals surface area contributed by atoms with Gasteiger partial charge in [-0.2, -0.15) is 0 Å². The summed E-state index contributed by atoms with van der Waals surface area (Å²) in [5, 5.41) is 10.1. The molecule has 2 saturated heterocycles. The number of nitrogens with one attached hydrogen (secondary N) is 1. The number of likely N-dealkylation sites (tertiary alicyclic amines) is 1. The smallest absolute Gasteiger partial charge is 0.257 e. The summed E-state index contributed by atoms with van der Waals surface area (Å²) in [4.78, 5) is 25.9. The van der Waals surface area contributed by atoms with Gasteiger partial charge in [0.15, 0.2) is 6.10 Å². The number of imidazole rings is 1. The van der Waals surface area contributed by atoms with Crippen LogP contribution in [0.3, 0.4) is 0 Å². The lowest BCUT2D eigenvalue weighted by Crippen LogP contribution is -2.55. The van der Waals surface area contributed by atoms with E-state index in [9.17, 15) is 9.90 Å². The Morgan fingerprint density at radius 2 is 1.88 bits per heavy atom. The van der Waals surface area contributed by atoms with Crippen LogP contribution in [-0.4, -0.2) is 87.0 Å². The van der Waals surface area contributed by atoms with Crippen LogP contribution in [0.4, 0.5) is 0 Å². The highest BCUT2D eigenvalue weighted by Gasteiger charge is 2.31. The first-order chi connectivity index (χ1) is 11.6. The molecule has 24 heavy (non-hydrogen) atoms. The topological polar surface area (TPSA) is 75.7 Å². The number of amides is 1. The van der Waals surface area contributed by atoms with Gasteiger partial charge < -0.3 is 19.9 Å². The van der Waals surface area contributed by atoms with Crippen LogP contribution in [0.2, 0.25) is 0 Å². The second-order valence-corrected chi connectivity index (χ2v) is 7.13. The van der Waals surface area contributed by atoms with Gasteiger partial charge in [0.2, 0.25) is 0 Å². The van der Waals surface area contributed by atoms with Gasteiger partial charge in [-0.05, 0) is 39.8 Å². The monoisotopic (exact) mass is 335 g/mol. The molecule has 0 aliphatic carbocycles. The zero-order valence-corrected chi connectivity index (χ0v) is 14.7. The van der Waals surface area contributed by atoms with Crippen molar-refractivity contribution >= 4 is 5.91 Å². The summed E-state index contributed by atoms with van der Waals surface area (Å²) in [6.45, 7) is 10.0. The molecule has 0 spiro atoms. The molecule has 2 aliphatic rings. The third kappa shape index (κ3) is 3.79. The number of piperidine rings is 1. The molecule has 0 aromatic carbocycles. The molecule has 0 radical (unpaired) electrons. The molecule has 7 heteroatoms. The van der Waals surface area contributed by atoms with Crippen LogP contribution in [-0.2, 0) is 4.79 Å². The fourth-order valence-electron chi connectivity index (χ4n) is 3.80. The van der Waals surface area contributed by atoms with Crippen molar-refractivity contribution in [2.45, 2.75) is 44.9 Å². The van der Waals surface area contributed by atoms with Gasteiger partial charge in [-0.15, -0.1) is 0 Å². The van der Waals surface area contributed by atoms with Gasteiger partial charge in [0.05, 0.1) is 18.2 Å². The van der Waals surface area contributed by atoms with E-state index in [-0.39, 0.29) is 5.91 Å². The van der Waals surface area contributed by atoms with Crippen LogP contribution in [0.5, 0.6) is 0 Å². The average Bonchev–Trinajstić information content (AvgIpc) is 3.15. The molecule has 3 rings (SSSR count). The Kier molecular flexibility index (Phi) is 5.53. The molecular formula is C17H29N5O2. The Labute approximate surface area is 143 Å². The number of H-pyrrole nitrogens is 1. The maximum Gasteiger partial charge on any atom is 0.257 e. The summed E-state index contributed by atoms with van der Waals surface area (Å²) in [7, 11) is 0. The van der Waals surface area contributed by atoms with Crippen molar-refractivity contribution in [1.82, 2.24) is 24.7 Å². The number of aromatic nitrogens is 2. The number of carbonyl (C=O) groups excluding carboxylic acids is 1. The third-order valence-electron chi connectivity index (χ3n) is 5.42. The molecule has 1 aromatic heterocycles. The lowest BCUT2D eigenvalue weighted by Gasteiger charge is -2.43. The van der Waals surface area contributed by atoms with Gasteiger partial charge in [-0.3, -0.25) is 9.69 Å². The summed E-state index contributed by atoms with van der Waals surface area (Å²) in [5.74, 6) is -0.228. The zero-order valence-electron chi connectivity index (χ0n) is 14.7. The van der Waals surface area contributed by atoms with E-state index < -0.39 is 6.10 Å². The van der Waals surface area contributed by atoms with E-state index in [4.69, 9.17) is 0 Å². The van der Waals surface area contributed by atoms with Crippen molar-refractivity contribution in [2.24, 2.45) is 0 Å². The predicted octanol–water partition coefficient (Wildman–Crippen LogP) is 0.460. The zero-order chi connectivity index (χ0) is 17.1. The largest absolute Gasteiger partial charge is 0.377 e. The fourth-order valence-corrected chi connectivity index (χ4v) is 3.80. The molecular weight excluding hydrogens is 306 g/mol.